The molecule has 0 fully saturated rings. The number of benzene rings is 4. The van der Waals surface area contributed by atoms with Gasteiger partial charge in [-0.05, 0) is 54.4 Å². The van der Waals surface area contributed by atoms with Gasteiger partial charge in [0.2, 0.25) is 0 Å². The van der Waals surface area contributed by atoms with Gasteiger partial charge in [-0.25, -0.2) is 0 Å². The van der Waals surface area contributed by atoms with Gasteiger partial charge in [0.1, 0.15) is 12.4 Å². The molecule has 0 aliphatic carbocycles. The zero-order valence-electron chi connectivity index (χ0n) is 18.5. The fourth-order valence-corrected chi connectivity index (χ4v) is 4.49. The third kappa shape index (κ3) is 4.90. The summed E-state index contributed by atoms with van der Waals surface area (Å²) >= 11 is 5.96. The highest BCUT2D eigenvalue weighted by atomic mass is 35.5. The lowest BCUT2D eigenvalue weighted by molar-refractivity contribution is 0.318. The van der Waals surface area contributed by atoms with Gasteiger partial charge in [0.15, 0.2) is 0 Å². The van der Waals surface area contributed by atoms with Gasteiger partial charge in [0.05, 0.1) is 5.52 Å². The van der Waals surface area contributed by atoms with Crippen molar-refractivity contribution < 1.29 is 4.74 Å². The Labute approximate surface area is 199 Å². The zero-order chi connectivity index (χ0) is 22.5. The largest absolute Gasteiger partial charge is 0.492 e. The van der Waals surface area contributed by atoms with E-state index >= 15 is 0 Å². The Morgan fingerprint density at radius 1 is 0.697 bits per heavy atom. The van der Waals surface area contributed by atoms with Crippen LogP contribution in [0.3, 0.4) is 0 Å². The molecule has 33 heavy (non-hydrogen) atoms. The minimum absolute atomic E-state index is 0.623. The van der Waals surface area contributed by atoms with Crippen molar-refractivity contribution in [2.45, 2.75) is 13.0 Å². The Balaban J connectivity index is 1.30. The van der Waals surface area contributed by atoms with E-state index in [1.165, 1.54) is 32.9 Å². The number of hydrogen-bond acceptors (Lipinski definition) is 2. The lowest BCUT2D eigenvalue weighted by Gasteiger charge is -2.10. The molecule has 4 heteroatoms. The van der Waals surface area contributed by atoms with E-state index in [0.717, 1.165) is 36.8 Å². The molecule has 5 aromatic rings. The van der Waals surface area contributed by atoms with Gasteiger partial charge in [-0.1, -0.05) is 78.3 Å². The summed E-state index contributed by atoms with van der Waals surface area (Å²) in [5.74, 6) is 0.940. The molecule has 0 atom stereocenters. The van der Waals surface area contributed by atoms with Gasteiger partial charge in [-0.15, -0.1) is 0 Å². The van der Waals surface area contributed by atoms with Crippen LogP contribution in [-0.4, -0.2) is 24.3 Å². The molecule has 1 N–H and O–H groups in total. The number of nitrogens with one attached hydrogen (secondary N) is 1. The number of para-hydroxylation sites is 1. The molecule has 3 nitrogen and oxygen atoms in total. The summed E-state index contributed by atoms with van der Waals surface area (Å²) in [6.45, 7) is 3.16. The monoisotopic (exact) mass is 454 g/mol. The third-order valence-corrected chi connectivity index (χ3v) is 6.23. The van der Waals surface area contributed by atoms with Crippen molar-refractivity contribution in [2.75, 3.05) is 19.7 Å². The van der Waals surface area contributed by atoms with Gasteiger partial charge in [-0.3, -0.25) is 0 Å². The number of halogens is 1. The molecule has 0 aliphatic rings. The number of fused-ring (bicyclic) bond motifs is 3. The van der Waals surface area contributed by atoms with Crippen LogP contribution in [0.5, 0.6) is 5.75 Å². The molecule has 0 amide bonds. The highest BCUT2D eigenvalue weighted by molar-refractivity contribution is 6.30. The van der Waals surface area contributed by atoms with Crippen molar-refractivity contribution in [3.63, 3.8) is 0 Å². The number of hydrogen-bond donors (Lipinski definition) is 1. The second kappa shape index (κ2) is 10.1. The third-order valence-electron chi connectivity index (χ3n) is 5.98. The molecular weight excluding hydrogens is 428 g/mol. The Kier molecular flexibility index (Phi) is 6.61. The summed E-state index contributed by atoms with van der Waals surface area (Å²) < 4.78 is 8.65. The predicted molar refractivity (Wildman–Crippen MR) is 139 cm³/mol. The molecule has 5 rings (SSSR count). The van der Waals surface area contributed by atoms with Crippen molar-refractivity contribution in [3.05, 3.63) is 113 Å². The van der Waals surface area contributed by atoms with Crippen LogP contribution in [0.25, 0.3) is 21.8 Å². The normalized spacial score (nSPS) is 11.3. The smallest absolute Gasteiger partial charge is 0.129 e. The number of nitrogens with zero attached hydrogens (tertiary/aromatic N) is 1. The van der Waals surface area contributed by atoms with Gasteiger partial charge in [-0.2, -0.15) is 0 Å². The first-order chi connectivity index (χ1) is 16.3. The van der Waals surface area contributed by atoms with Crippen LogP contribution in [0.4, 0.5) is 0 Å². The summed E-state index contributed by atoms with van der Waals surface area (Å²) in [6.07, 6.45) is 0.972. The van der Waals surface area contributed by atoms with Crippen LogP contribution in [0.15, 0.2) is 97.1 Å². The number of ether oxygens (including phenoxy) is 1. The van der Waals surface area contributed by atoms with Crippen molar-refractivity contribution in [1.82, 2.24) is 9.88 Å². The van der Waals surface area contributed by atoms with Crippen molar-refractivity contribution in [1.29, 1.82) is 0 Å². The average Bonchev–Trinajstić information content (AvgIpc) is 3.17. The molecule has 0 saturated heterocycles. The average molecular weight is 455 g/mol. The van der Waals surface area contributed by atoms with Crippen LogP contribution in [-0.2, 0) is 13.0 Å². The first-order valence-electron chi connectivity index (χ1n) is 11.4. The maximum Gasteiger partial charge on any atom is 0.129 e. The summed E-state index contributed by atoms with van der Waals surface area (Å²) in [5.41, 5.74) is 5.00. The first-order valence-corrected chi connectivity index (χ1v) is 11.8. The van der Waals surface area contributed by atoms with E-state index in [4.69, 9.17) is 16.3 Å². The highest BCUT2D eigenvalue weighted by Gasteiger charge is 2.14. The van der Waals surface area contributed by atoms with Gasteiger partial charge in [0, 0.05) is 34.4 Å². The lowest BCUT2D eigenvalue weighted by Crippen LogP contribution is -2.23. The molecule has 0 saturated carbocycles. The van der Waals surface area contributed by atoms with Crippen LogP contribution >= 0.6 is 11.6 Å². The van der Waals surface area contributed by atoms with Gasteiger partial charge < -0.3 is 14.6 Å². The fraction of sp³-hybridized carbons (Fsp3) is 0.172. The van der Waals surface area contributed by atoms with Gasteiger partial charge in [0.25, 0.3) is 0 Å². The summed E-state index contributed by atoms with van der Waals surface area (Å²) in [7, 11) is 0. The van der Waals surface area contributed by atoms with Gasteiger partial charge >= 0.3 is 0 Å². The molecule has 0 unspecified atom stereocenters. The van der Waals surface area contributed by atoms with E-state index in [0.29, 0.717) is 6.61 Å². The van der Waals surface area contributed by atoms with Crippen molar-refractivity contribution in [2.24, 2.45) is 0 Å². The van der Waals surface area contributed by atoms with E-state index in [1.807, 2.05) is 12.1 Å². The maximum absolute atomic E-state index is 6.27. The molecule has 0 bridgehead atoms. The molecular formula is C29H27ClN2O. The molecule has 1 aromatic heterocycles. The Morgan fingerprint density at radius 3 is 2.30 bits per heavy atom. The second-order valence-electron chi connectivity index (χ2n) is 8.21. The van der Waals surface area contributed by atoms with Crippen LogP contribution in [0.1, 0.15) is 11.1 Å². The quantitative estimate of drug-likeness (QED) is 0.250. The lowest BCUT2D eigenvalue weighted by atomic mass is 10.1. The molecule has 166 valence electrons. The van der Waals surface area contributed by atoms with Crippen molar-refractivity contribution >= 4 is 33.4 Å². The molecule has 0 spiro atoms. The Bertz CT molecular complexity index is 1340. The first kappa shape index (κ1) is 21.6. The minimum Gasteiger partial charge on any atom is -0.492 e. The van der Waals surface area contributed by atoms with E-state index in [1.54, 1.807) is 0 Å². The molecule has 4 aromatic carbocycles. The number of aromatic nitrogens is 1. The second-order valence-corrected chi connectivity index (χ2v) is 8.65. The van der Waals surface area contributed by atoms with E-state index in [9.17, 15) is 0 Å². The minimum atomic E-state index is 0.623. The standard InChI is InChI=1S/C29H27ClN2O/c30-24-15-13-22(14-16-24)17-18-31-19-20-33-28-12-6-11-27-29(28)25-9-4-5-10-26(25)32(27)21-23-7-2-1-3-8-23/h1-16,31H,17-21H2. The van der Waals surface area contributed by atoms with Crippen LogP contribution < -0.4 is 10.1 Å². The molecule has 0 radical (unpaired) electrons. The maximum atomic E-state index is 6.27. The van der Waals surface area contributed by atoms with Crippen LogP contribution in [0, 0.1) is 0 Å². The zero-order valence-corrected chi connectivity index (χ0v) is 19.3. The summed E-state index contributed by atoms with van der Waals surface area (Å²) in [5, 5.41) is 6.67. The Hall–Kier alpha value is -3.27. The Morgan fingerprint density at radius 2 is 1.45 bits per heavy atom. The fourth-order valence-electron chi connectivity index (χ4n) is 4.36. The SMILES string of the molecule is Clc1ccc(CCNCCOc2cccc3c2c2ccccc2n3Cc2ccccc2)cc1. The topological polar surface area (TPSA) is 26.2 Å². The predicted octanol–water partition coefficient (Wildman–Crippen LogP) is 6.71. The van der Waals surface area contributed by atoms with Crippen LogP contribution in [0.2, 0.25) is 5.02 Å². The molecule has 0 aliphatic heterocycles. The van der Waals surface area contributed by atoms with E-state index in [-0.39, 0.29) is 0 Å². The summed E-state index contributed by atoms with van der Waals surface area (Å²) in [6, 6.07) is 33.6. The number of rotatable bonds is 9. The van der Waals surface area contributed by atoms with E-state index < -0.39 is 0 Å². The highest BCUT2D eigenvalue weighted by Crippen LogP contribution is 2.36. The van der Waals surface area contributed by atoms with E-state index in [2.05, 4.69) is 94.8 Å². The molecule has 1 heterocycles. The summed E-state index contributed by atoms with van der Waals surface area (Å²) in [4.78, 5) is 0. The van der Waals surface area contributed by atoms with Crippen molar-refractivity contribution in [3.8, 4) is 5.75 Å².